The van der Waals surface area contributed by atoms with E-state index < -0.39 is 0 Å². The van der Waals surface area contributed by atoms with Gasteiger partial charge in [0.2, 0.25) is 5.91 Å². The number of hydrogen-bond acceptors (Lipinski definition) is 5. The zero-order chi connectivity index (χ0) is 18.5. The summed E-state index contributed by atoms with van der Waals surface area (Å²) in [5.74, 6) is 0.0825. The van der Waals surface area contributed by atoms with Crippen LogP contribution in [0, 0.1) is 0 Å². The Morgan fingerprint density at radius 1 is 1.15 bits per heavy atom. The third kappa shape index (κ3) is 4.71. The van der Waals surface area contributed by atoms with Crippen LogP contribution in [0.15, 0.2) is 42.5 Å². The number of amides is 2. The lowest BCUT2D eigenvalue weighted by atomic mass is 10.3. The van der Waals surface area contributed by atoms with Gasteiger partial charge in [0.25, 0.3) is 5.91 Å². The van der Waals surface area contributed by atoms with E-state index >= 15 is 0 Å². The molecule has 0 radical (unpaired) electrons. The van der Waals surface area contributed by atoms with Crippen LogP contribution in [0.4, 0.5) is 10.8 Å². The maximum atomic E-state index is 12.1. The molecule has 0 unspecified atom stereocenters. The number of halogens is 1. The highest BCUT2D eigenvalue weighted by molar-refractivity contribution is 7.22. The molecular weight excluding hydrogens is 374 g/mol. The summed E-state index contributed by atoms with van der Waals surface area (Å²) < 4.78 is 6.38. The maximum Gasteiger partial charge on any atom is 0.264 e. The van der Waals surface area contributed by atoms with Crippen molar-refractivity contribution in [2.24, 2.45) is 0 Å². The van der Waals surface area contributed by atoms with Gasteiger partial charge in [0.15, 0.2) is 11.7 Å². The minimum atomic E-state index is -0.321. The number of carbonyl (C=O) groups is 2. The molecule has 0 aliphatic heterocycles. The molecule has 8 heteroatoms. The Bertz CT molecular complexity index is 958. The molecule has 3 aromatic rings. The van der Waals surface area contributed by atoms with Crippen molar-refractivity contribution >= 4 is 55.8 Å². The predicted molar refractivity (Wildman–Crippen MR) is 104 cm³/mol. The molecule has 2 N–H and O–H groups in total. The fourth-order valence-corrected chi connectivity index (χ4v) is 3.33. The molecule has 26 heavy (non-hydrogen) atoms. The summed E-state index contributed by atoms with van der Waals surface area (Å²) in [4.78, 5) is 27.8. The number of anilines is 2. The van der Waals surface area contributed by atoms with Gasteiger partial charge in [-0.15, -0.1) is 0 Å². The number of nitrogens with zero attached hydrogens (tertiary/aromatic N) is 1. The normalized spacial score (nSPS) is 10.5. The first-order valence-electron chi connectivity index (χ1n) is 7.92. The Morgan fingerprint density at radius 2 is 2.00 bits per heavy atom. The molecule has 134 valence electrons. The monoisotopic (exact) mass is 389 g/mol. The molecule has 0 aliphatic carbocycles. The second-order valence-corrected chi connectivity index (χ2v) is 6.86. The van der Waals surface area contributed by atoms with Crippen molar-refractivity contribution in [1.29, 1.82) is 0 Å². The summed E-state index contributed by atoms with van der Waals surface area (Å²) in [6.45, 7) is 1.61. The summed E-state index contributed by atoms with van der Waals surface area (Å²) >= 11 is 7.29. The molecule has 2 aromatic carbocycles. The highest BCUT2D eigenvalue weighted by Crippen LogP contribution is 2.28. The Hall–Kier alpha value is -2.64. The molecule has 2 amide bonds. The van der Waals surface area contributed by atoms with E-state index in [2.05, 4.69) is 15.6 Å². The van der Waals surface area contributed by atoms with Crippen LogP contribution < -0.4 is 15.4 Å². The van der Waals surface area contributed by atoms with Gasteiger partial charge in [0.1, 0.15) is 5.75 Å². The molecule has 0 bridgehead atoms. The molecule has 1 heterocycles. The largest absolute Gasteiger partial charge is 0.484 e. The summed E-state index contributed by atoms with van der Waals surface area (Å²) in [6.07, 6.45) is 0.390. The molecule has 0 saturated carbocycles. The fourth-order valence-electron chi connectivity index (χ4n) is 2.17. The summed E-state index contributed by atoms with van der Waals surface area (Å²) in [6, 6.07) is 12.2. The second kappa shape index (κ2) is 8.16. The molecule has 0 aliphatic rings. The molecule has 0 spiro atoms. The van der Waals surface area contributed by atoms with Crippen molar-refractivity contribution in [1.82, 2.24) is 4.98 Å². The van der Waals surface area contributed by atoms with Gasteiger partial charge in [0.05, 0.1) is 10.2 Å². The van der Waals surface area contributed by atoms with Crippen molar-refractivity contribution in [2.45, 2.75) is 13.3 Å². The summed E-state index contributed by atoms with van der Waals surface area (Å²) in [5, 5.41) is 6.56. The first-order valence-corrected chi connectivity index (χ1v) is 9.11. The van der Waals surface area contributed by atoms with Gasteiger partial charge < -0.3 is 10.1 Å². The molecule has 3 rings (SSSR count). The van der Waals surface area contributed by atoms with E-state index in [1.54, 1.807) is 49.4 Å². The quantitative estimate of drug-likeness (QED) is 0.658. The second-order valence-electron chi connectivity index (χ2n) is 5.40. The SMILES string of the molecule is CCC(=O)Nc1cccc(OCC(=O)Nc2nc3ccc(Cl)cc3s2)c1. The number of benzene rings is 2. The molecule has 1 aromatic heterocycles. The topological polar surface area (TPSA) is 80.3 Å². The van der Waals surface area contributed by atoms with E-state index in [0.717, 1.165) is 10.2 Å². The van der Waals surface area contributed by atoms with E-state index in [1.807, 2.05) is 0 Å². The minimum absolute atomic E-state index is 0.0872. The van der Waals surface area contributed by atoms with Crippen molar-refractivity contribution < 1.29 is 14.3 Å². The maximum absolute atomic E-state index is 12.1. The molecule has 0 atom stereocenters. The van der Waals surface area contributed by atoms with E-state index in [9.17, 15) is 9.59 Å². The lowest BCUT2D eigenvalue weighted by Crippen LogP contribution is -2.20. The van der Waals surface area contributed by atoms with Gasteiger partial charge in [-0.25, -0.2) is 4.98 Å². The lowest BCUT2D eigenvalue weighted by Gasteiger charge is -2.08. The average molecular weight is 390 g/mol. The van der Waals surface area contributed by atoms with Crippen LogP contribution in [-0.4, -0.2) is 23.4 Å². The minimum Gasteiger partial charge on any atom is -0.484 e. The molecule has 0 saturated heterocycles. The standard InChI is InChI=1S/C18H16ClN3O3S/c1-2-16(23)20-12-4-3-5-13(9-12)25-10-17(24)22-18-21-14-7-6-11(19)8-15(14)26-18/h3-9H,2,10H2,1H3,(H,20,23)(H,21,22,24). The number of carbonyl (C=O) groups excluding carboxylic acids is 2. The lowest BCUT2D eigenvalue weighted by molar-refractivity contribution is -0.118. The smallest absolute Gasteiger partial charge is 0.264 e. The van der Waals surface area contributed by atoms with Crippen molar-refractivity contribution in [2.75, 3.05) is 17.2 Å². The van der Waals surface area contributed by atoms with Gasteiger partial charge in [-0.2, -0.15) is 0 Å². The fraction of sp³-hybridized carbons (Fsp3) is 0.167. The summed E-state index contributed by atoms with van der Waals surface area (Å²) in [7, 11) is 0. The van der Waals surface area contributed by atoms with Crippen LogP contribution in [-0.2, 0) is 9.59 Å². The van der Waals surface area contributed by atoms with Crippen molar-refractivity contribution in [3.05, 3.63) is 47.5 Å². The van der Waals surface area contributed by atoms with Crippen LogP contribution >= 0.6 is 22.9 Å². The highest BCUT2D eigenvalue weighted by Gasteiger charge is 2.09. The predicted octanol–water partition coefficient (Wildman–Crippen LogP) is 4.32. The molecule has 0 fully saturated rings. The number of fused-ring (bicyclic) bond motifs is 1. The Kier molecular flexibility index (Phi) is 5.70. The van der Waals surface area contributed by atoms with E-state index in [1.165, 1.54) is 11.3 Å². The molecular formula is C18H16ClN3O3S. The van der Waals surface area contributed by atoms with Gasteiger partial charge in [-0.05, 0) is 30.3 Å². The van der Waals surface area contributed by atoms with Crippen molar-refractivity contribution in [3.63, 3.8) is 0 Å². The number of aromatic nitrogens is 1. The van der Waals surface area contributed by atoms with E-state index in [4.69, 9.17) is 16.3 Å². The summed E-state index contributed by atoms with van der Waals surface area (Å²) in [5.41, 5.74) is 1.40. The number of ether oxygens (including phenoxy) is 1. The van der Waals surface area contributed by atoms with Gasteiger partial charge in [-0.1, -0.05) is 35.9 Å². The Morgan fingerprint density at radius 3 is 2.81 bits per heavy atom. The van der Waals surface area contributed by atoms with Gasteiger partial charge >= 0.3 is 0 Å². The van der Waals surface area contributed by atoms with Crippen LogP contribution in [0.25, 0.3) is 10.2 Å². The van der Waals surface area contributed by atoms with Crippen LogP contribution in [0.1, 0.15) is 13.3 Å². The highest BCUT2D eigenvalue weighted by atomic mass is 35.5. The third-order valence-corrected chi connectivity index (χ3v) is 4.57. The first-order chi connectivity index (χ1) is 12.5. The zero-order valence-corrected chi connectivity index (χ0v) is 15.5. The molecule has 6 nitrogen and oxygen atoms in total. The Balaban J connectivity index is 1.58. The van der Waals surface area contributed by atoms with E-state index in [-0.39, 0.29) is 18.4 Å². The number of rotatable bonds is 6. The van der Waals surface area contributed by atoms with E-state index in [0.29, 0.717) is 28.0 Å². The van der Waals surface area contributed by atoms with Gasteiger partial charge in [0, 0.05) is 23.2 Å². The number of nitrogens with one attached hydrogen (secondary N) is 2. The number of hydrogen-bond donors (Lipinski definition) is 2. The zero-order valence-electron chi connectivity index (χ0n) is 13.9. The van der Waals surface area contributed by atoms with Crippen LogP contribution in [0.3, 0.4) is 0 Å². The first kappa shape index (κ1) is 18.2. The van der Waals surface area contributed by atoms with Crippen molar-refractivity contribution in [3.8, 4) is 5.75 Å². The Labute approximate surface area is 159 Å². The number of thiazole rings is 1. The van der Waals surface area contributed by atoms with Crippen LogP contribution in [0.2, 0.25) is 5.02 Å². The van der Waals surface area contributed by atoms with Crippen LogP contribution in [0.5, 0.6) is 5.75 Å². The van der Waals surface area contributed by atoms with Gasteiger partial charge in [-0.3, -0.25) is 14.9 Å². The third-order valence-electron chi connectivity index (χ3n) is 3.41. The average Bonchev–Trinajstić information content (AvgIpc) is 3.01.